The van der Waals surface area contributed by atoms with E-state index in [1.165, 1.54) is 6.07 Å². The van der Waals surface area contributed by atoms with Crippen molar-refractivity contribution < 1.29 is 9.18 Å². The molecule has 0 unspecified atom stereocenters. The first-order chi connectivity index (χ1) is 9.38. The number of anilines is 2. The predicted octanol–water partition coefficient (Wildman–Crippen LogP) is 4.49. The number of hydrogen-bond acceptors (Lipinski definition) is 2. The molecule has 1 amide bonds. The predicted molar refractivity (Wildman–Crippen MR) is 85.3 cm³/mol. The number of amides is 1. The number of hydrogen-bond donors (Lipinski definition) is 2. The molecule has 0 heterocycles. The Hall–Kier alpha value is -1.40. The summed E-state index contributed by atoms with van der Waals surface area (Å²) in [6.45, 7) is 1.79. The van der Waals surface area contributed by atoms with Gasteiger partial charge in [0.15, 0.2) is 0 Å². The molecule has 6 heteroatoms. The van der Waals surface area contributed by atoms with Crippen LogP contribution < -0.4 is 11.1 Å². The molecule has 0 saturated heterocycles. The molecule has 104 valence electrons. The standard InChI is InChI=1S/C14H11Br2FN2O/c1-7-4-11(16)12(17)6-13(7)19-14(20)9-5-8(18)2-3-10(9)15/h2-6H,18H2,1H3,(H,19,20). The fourth-order valence-corrected chi connectivity index (χ4v) is 2.57. The van der Waals surface area contributed by atoms with Gasteiger partial charge in [0.1, 0.15) is 5.82 Å². The second kappa shape index (κ2) is 5.93. The number of halogens is 3. The average Bonchev–Trinajstić information content (AvgIpc) is 2.38. The molecule has 0 fully saturated rings. The summed E-state index contributed by atoms with van der Waals surface area (Å²) in [7, 11) is 0. The highest BCUT2D eigenvalue weighted by Crippen LogP contribution is 2.26. The molecule has 0 aromatic heterocycles. The Balaban J connectivity index is 2.32. The first-order valence-corrected chi connectivity index (χ1v) is 7.29. The van der Waals surface area contributed by atoms with Crippen LogP contribution in [0.3, 0.4) is 0 Å². The minimum atomic E-state index is -0.433. The van der Waals surface area contributed by atoms with Gasteiger partial charge in [-0.2, -0.15) is 0 Å². The van der Waals surface area contributed by atoms with Crippen molar-refractivity contribution in [1.29, 1.82) is 0 Å². The zero-order valence-electron chi connectivity index (χ0n) is 10.5. The molecule has 0 atom stereocenters. The Kier molecular flexibility index (Phi) is 4.45. The smallest absolute Gasteiger partial charge is 0.256 e. The lowest BCUT2D eigenvalue weighted by Crippen LogP contribution is -2.14. The summed E-state index contributed by atoms with van der Waals surface area (Å²) in [6.07, 6.45) is 0. The third kappa shape index (κ3) is 3.19. The number of nitrogens with two attached hydrogens (primary N) is 1. The molecule has 3 N–H and O–H groups in total. The van der Waals surface area contributed by atoms with Crippen LogP contribution in [0.1, 0.15) is 15.9 Å². The van der Waals surface area contributed by atoms with Gasteiger partial charge in [0, 0.05) is 15.8 Å². The Morgan fingerprint density at radius 3 is 2.60 bits per heavy atom. The largest absolute Gasteiger partial charge is 0.399 e. The van der Waals surface area contributed by atoms with Crippen LogP contribution >= 0.6 is 31.9 Å². The zero-order chi connectivity index (χ0) is 14.9. The molecule has 2 aromatic carbocycles. The quantitative estimate of drug-likeness (QED) is 0.728. The molecule has 0 radical (unpaired) electrons. The molecule has 0 saturated carbocycles. The highest BCUT2D eigenvalue weighted by Gasteiger charge is 2.13. The number of benzene rings is 2. The van der Waals surface area contributed by atoms with E-state index in [9.17, 15) is 9.18 Å². The van der Waals surface area contributed by atoms with Gasteiger partial charge in [-0.3, -0.25) is 4.79 Å². The third-order valence-corrected chi connectivity index (χ3v) is 4.05. The van der Waals surface area contributed by atoms with Crippen LogP contribution in [0.15, 0.2) is 39.3 Å². The Bertz CT molecular complexity index is 689. The van der Waals surface area contributed by atoms with Crippen LogP contribution in [0.25, 0.3) is 0 Å². The van der Waals surface area contributed by atoms with Gasteiger partial charge in [0.25, 0.3) is 5.91 Å². The zero-order valence-corrected chi connectivity index (χ0v) is 13.7. The number of nitrogens with one attached hydrogen (secondary N) is 1. The second-order valence-electron chi connectivity index (χ2n) is 4.27. The Morgan fingerprint density at radius 2 is 1.90 bits per heavy atom. The SMILES string of the molecule is Cc1cc(Br)c(F)cc1NC(=O)c1cc(N)ccc1Br. The molecule has 20 heavy (non-hydrogen) atoms. The van der Waals surface area contributed by atoms with Crippen LogP contribution in [0.2, 0.25) is 0 Å². The van der Waals surface area contributed by atoms with Crippen molar-refractivity contribution >= 4 is 49.1 Å². The lowest BCUT2D eigenvalue weighted by atomic mass is 10.1. The molecule has 0 aliphatic rings. The van der Waals surface area contributed by atoms with Crippen molar-refractivity contribution in [1.82, 2.24) is 0 Å². The first-order valence-electron chi connectivity index (χ1n) is 5.70. The Morgan fingerprint density at radius 1 is 1.20 bits per heavy atom. The fourth-order valence-electron chi connectivity index (χ4n) is 1.69. The first kappa shape index (κ1) is 15.0. The second-order valence-corrected chi connectivity index (χ2v) is 5.98. The van der Waals surface area contributed by atoms with E-state index in [1.54, 1.807) is 31.2 Å². The molecule has 2 aromatic rings. The highest BCUT2D eigenvalue weighted by atomic mass is 79.9. The topological polar surface area (TPSA) is 55.1 Å². The van der Waals surface area contributed by atoms with Crippen molar-refractivity contribution in [3.05, 3.63) is 56.2 Å². The molecule has 0 aliphatic carbocycles. The van der Waals surface area contributed by atoms with Crippen LogP contribution in [0, 0.1) is 12.7 Å². The molecule has 0 bridgehead atoms. The van der Waals surface area contributed by atoms with E-state index >= 15 is 0 Å². The number of aryl methyl sites for hydroxylation is 1. The van der Waals surface area contributed by atoms with E-state index in [4.69, 9.17) is 5.73 Å². The normalized spacial score (nSPS) is 10.4. The summed E-state index contributed by atoms with van der Waals surface area (Å²) in [5.74, 6) is -0.786. The van der Waals surface area contributed by atoms with Crippen LogP contribution in [-0.4, -0.2) is 5.91 Å². The van der Waals surface area contributed by atoms with Gasteiger partial charge in [-0.15, -0.1) is 0 Å². The van der Waals surface area contributed by atoms with Crippen molar-refractivity contribution in [2.24, 2.45) is 0 Å². The van der Waals surface area contributed by atoms with Crippen molar-refractivity contribution in [2.75, 3.05) is 11.1 Å². The summed E-state index contributed by atoms with van der Waals surface area (Å²) in [5, 5.41) is 2.68. The minimum Gasteiger partial charge on any atom is -0.399 e. The van der Waals surface area contributed by atoms with Crippen molar-refractivity contribution in [2.45, 2.75) is 6.92 Å². The van der Waals surface area contributed by atoms with E-state index in [0.717, 1.165) is 5.56 Å². The lowest BCUT2D eigenvalue weighted by Gasteiger charge is -2.11. The minimum absolute atomic E-state index is 0.353. The van der Waals surface area contributed by atoms with Gasteiger partial charge >= 0.3 is 0 Å². The summed E-state index contributed by atoms with van der Waals surface area (Å²) in [6, 6.07) is 7.82. The maximum Gasteiger partial charge on any atom is 0.256 e. The van der Waals surface area contributed by atoms with Gasteiger partial charge < -0.3 is 11.1 Å². The third-order valence-electron chi connectivity index (χ3n) is 2.75. The van der Waals surface area contributed by atoms with Crippen LogP contribution in [-0.2, 0) is 0 Å². The number of carbonyl (C=O) groups excluding carboxylic acids is 1. The monoisotopic (exact) mass is 400 g/mol. The fraction of sp³-hybridized carbons (Fsp3) is 0.0714. The molecule has 2 rings (SSSR count). The summed E-state index contributed by atoms with van der Waals surface area (Å²) >= 11 is 6.39. The molecular weight excluding hydrogens is 391 g/mol. The van der Waals surface area contributed by atoms with Gasteiger partial charge in [-0.25, -0.2) is 4.39 Å². The molecule has 0 aliphatic heterocycles. The van der Waals surface area contributed by atoms with E-state index in [0.29, 0.717) is 25.9 Å². The summed E-state index contributed by atoms with van der Waals surface area (Å²) in [5.41, 5.74) is 7.72. The highest BCUT2D eigenvalue weighted by molar-refractivity contribution is 9.10. The maximum absolute atomic E-state index is 13.5. The summed E-state index contributed by atoms with van der Waals surface area (Å²) in [4.78, 5) is 12.2. The Labute approximate surface area is 132 Å². The van der Waals surface area contributed by atoms with E-state index < -0.39 is 5.82 Å². The van der Waals surface area contributed by atoms with Gasteiger partial charge in [0.2, 0.25) is 0 Å². The molecule has 3 nitrogen and oxygen atoms in total. The van der Waals surface area contributed by atoms with Gasteiger partial charge in [0.05, 0.1) is 10.0 Å². The van der Waals surface area contributed by atoms with Crippen LogP contribution in [0.5, 0.6) is 0 Å². The number of nitrogen functional groups attached to an aromatic ring is 1. The molecule has 0 spiro atoms. The molecular formula is C14H11Br2FN2O. The average molecular weight is 402 g/mol. The number of rotatable bonds is 2. The van der Waals surface area contributed by atoms with E-state index in [-0.39, 0.29) is 5.91 Å². The van der Waals surface area contributed by atoms with E-state index in [2.05, 4.69) is 37.2 Å². The number of carbonyl (C=O) groups is 1. The van der Waals surface area contributed by atoms with E-state index in [1.807, 2.05) is 0 Å². The summed E-state index contributed by atoms with van der Waals surface area (Å²) < 4.78 is 14.5. The van der Waals surface area contributed by atoms with Crippen molar-refractivity contribution in [3.63, 3.8) is 0 Å². The van der Waals surface area contributed by atoms with Crippen LogP contribution in [0.4, 0.5) is 15.8 Å². The van der Waals surface area contributed by atoms with Crippen molar-refractivity contribution in [3.8, 4) is 0 Å². The maximum atomic E-state index is 13.5. The van der Waals surface area contributed by atoms with Gasteiger partial charge in [-0.05, 0) is 74.7 Å². The van der Waals surface area contributed by atoms with Gasteiger partial charge in [-0.1, -0.05) is 0 Å². The lowest BCUT2D eigenvalue weighted by molar-refractivity contribution is 0.102.